The number of furan rings is 1. The highest BCUT2D eigenvalue weighted by Gasteiger charge is 2.21. The second-order valence-electron chi connectivity index (χ2n) is 3.81. The van der Waals surface area contributed by atoms with E-state index in [0.717, 1.165) is 31.8 Å². The van der Waals surface area contributed by atoms with E-state index in [4.69, 9.17) is 13.9 Å². The fraction of sp³-hybridized carbons (Fsp3) is 0.583. The van der Waals surface area contributed by atoms with Crippen molar-refractivity contribution in [2.24, 2.45) is 0 Å². The lowest BCUT2D eigenvalue weighted by Crippen LogP contribution is -2.13. The van der Waals surface area contributed by atoms with Crippen LogP contribution in [0.1, 0.15) is 42.0 Å². The first-order valence-corrected chi connectivity index (χ1v) is 5.66. The summed E-state index contributed by atoms with van der Waals surface area (Å²) in [5, 5.41) is 0. The minimum Gasteiger partial charge on any atom is -0.460 e. The number of rotatable bonds is 3. The van der Waals surface area contributed by atoms with E-state index in [0.29, 0.717) is 18.3 Å². The molecule has 4 heteroatoms. The average Bonchev–Trinajstić information content (AvgIpc) is 2.80. The summed E-state index contributed by atoms with van der Waals surface area (Å²) in [6.07, 6.45) is 1.91. The predicted molar refractivity (Wildman–Crippen MR) is 57.5 cm³/mol. The zero-order valence-corrected chi connectivity index (χ0v) is 9.40. The first kappa shape index (κ1) is 11.2. The van der Waals surface area contributed by atoms with Gasteiger partial charge in [-0.2, -0.15) is 0 Å². The largest absolute Gasteiger partial charge is 0.460 e. The Morgan fingerprint density at radius 2 is 2.19 bits per heavy atom. The van der Waals surface area contributed by atoms with Crippen molar-refractivity contribution in [2.45, 2.75) is 25.7 Å². The molecule has 1 saturated heterocycles. The Kier molecular flexibility index (Phi) is 3.62. The molecule has 1 aromatic heterocycles. The molecule has 0 aromatic carbocycles. The Balaban J connectivity index is 2.03. The zero-order valence-electron chi connectivity index (χ0n) is 9.40. The summed E-state index contributed by atoms with van der Waals surface area (Å²) in [5.41, 5.74) is 0. The monoisotopic (exact) mass is 224 g/mol. The number of carbonyl (C=O) groups excluding carboxylic acids is 1. The zero-order chi connectivity index (χ0) is 11.4. The first-order valence-electron chi connectivity index (χ1n) is 5.66. The predicted octanol–water partition coefficient (Wildman–Crippen LogP) is 2.35. The SMILES string of the molecule is CCOC(=O)c1ccc(C2CCOCC2)o1. The molecule has 2 heterocycles. The molecule has 0 atom stereocenters. The molecule has 2 rings (SSSR count). The normalized spacial score (nSPS) is 17.3. The van der Waals surface area contributed by atoms with E-state index in [9.17, 15) is 4.79 Å². The van der Waals surface area contributed by atoms with Crippen LogP contribution >= 0.6 is 0 Å². The van der Waals surface area contributed by atoms with E-state index in [2.05, 4.69) is 0 Å². The molecule has 16 heavy (non-hydrogen) atoms. The Hall–Kier alpha value is -1.29. The quantitative estimate of drug-likeness (QED) is 0.739. The average molecular weight is 224 g/mol. The summed E-state index contributed by atoms with van der Waals surface area (Å²) < 4.78 is 15.7. The van der Waals surface area contributed by atoms with Gasteiger partial charge in [-0.15, -0.1) is 0 Å². The van der Waals surface area contributed by atoms with Crippen LogP contribution in [0, 0.1) is 0 Å². The summed E-state index contributed by atoms with van der Waals surface area (Å²) in [5.74, 6) is 1.15. The molecule has 1 aliphatic rings. The highest BCUT2D eigenvalue weighted by Crippen LogP contribution is 2.28. The van der Waals surface area contributed by atoms with Gasteiger partial charge in [0.25, 0.3) is 0 Å². The van der Waals surface area contributed by atoms with Crippen LogP contribution in [0.3, 0.4) is 0 Å². The number of carbonyl (C=O) groups is 1. The van der Waals surface area contributed by atoms with Crippen molar-refractivity contribution in [3.8, 4) is 0 Å². The topological polar surface area (TPSA) is 48.7 Å². The second-order valence-corrected chi connectivity index (χ2v) is 3.81. The van der Waals surface area contributed by atoms with Crippen LogP contribution in [-0.4, -0.2) is 25.8 Å². The molecule has 0 saturated carbocycles. The lowest BCUT2D eigenvalue weighted by molar-refractivity contribution is 0.0482. The van der Waals surface area contributed by atoms with Gasteiger partial charge in [0.2, 0.25) is 5.76 Å². The third-order valence-electron chi connectivity index (χ3n) is 2.73. The Bertz CT molecular complexity index is 350. The number of ether oxygens (including phenoxy) is 2. The molecular weight excluding hydrogens is 208 g/mol. The standard InChI is InChI=1S/C12H16O4/c1-2-15-12(13)11-4-3-10(16-11)9-5-7-14-8-6-9/h3-4,9H,2,5-8H2,1H3. The molecule has 0 N–H and O–H groups in total. The summed E-state index contributed by atoms with van der Waals surface area (Å²) in [6, 6.07) is 3.55. The molecule has 0 radical (unpaired) electrons. The van der Waals surface area contributed by atoms with E-state index in [1.807, 2.05) is 6.07 Å². The van der Waals surface area contributed by atoms with Crippen molar-refractivity contribution in [3.05, 3.63) is 23.7 Å². The molecule has 88 valence electrons. The fourth-order valence-corrected chi connectivity index (χ4v) is 1.87. The molecule has 1 fully saturated rings. The van der Waals surface area contributed by atoms with Gasteiger partial charge in [-0.25, -0.2) is 4.79 Å². The van der Waals surface area contributed by atoms with Crippen molar-refractivity contribution in [3.63, 3.8) is 0 Å². The summed E-state index contributed by atoms with van der Waals surface area (Å²) >= 11 is 0. The van der Waals surface area contributed by atoms with Crippen molar-refractivity contribution in [1.82, 2.24) is 0 Å². The van der Waals surface area contributed by atoms with Gasteiger partial charge in [0.15, 0.2) is 0 Å². The van der Waals surface area contributed by atoms with Gasteiger partial charge in [-0.05, 0) is 31.9 Å². The first-order chi connectivity index (χ1) is 7.81. The minimum absolute atomic E-state index is 0.295. The van der Waals surface area contributed by atoms with Gasteiger partial charge in [0.1, 0.15) is 5.76 Å². The summed E-state index contributed by atoms with van der Waals surface area (Å²) in [7, 11) is 0. The Labute approximate surface area is 94.5 Å². The van der Waals surface area contributed by atoms with E-state index in [1.165, 1.54) is 0 Å². The number of hydrogen-bond acceptors (Lipinski definition) is 4. The van der Waals surface area contributed by atoms with E-state index in [1.54, 1.807) is 13.0 Å². The smallest absolute Gasteiger partial charge is 0.374 e. The van der Waals surface area contributed by atoms with Crippen LogP contribution in [-0.2, 0) is 9.47 Å². The highest BCUT2D eigenvalue weighted by atomic mass is 16.5. The van der Waals surface area contributed by atoms with Crippen LogP contribution in [0.15, 0.2) is 16.5 Å². The fourth-order valence-electron chi connectivity index (χ4n) is 1.87. The molecular formula is C12H16O4. The van der Waals surface area contributed by atoms with Gasteiger partial charge < -0.3 is 13.9 Å². The third kappa shape index (κ3) is 2.44. The lowest BCUT2D eigenvalue weighted by Gasteiger charge is -2.19. The lowest BCUT2D eigenvalue weighted by atomic mass is 9.98. The van der Waals surface area contributed by atoms with E-state index >= 15 is 0 Å². The molecule has 0 amide bonds. The minimum atomic E-state index is -0.388. The molecule has 4 nitrogen and oxygen atoms in total. The van der Waals surface area contributed by atoms with Crippen molar-refractivity contribution in [2.75, 3.05) is 19.8 Å². The molecule has 1 aromatic rings. The number of hydrogen-bond donors (Lipinski definition) is 0. The van der Waals surface area contributed by atoms with E-state index in [-0.39, 0.29) is 5.97 Å². The van der Waals surface area contributed by atoms with Crippen LogP contribution in [0.2, 0.25) is 0 Å². The van der Waals surface area contributed by atoms with Crippen LogP contribution in [0.25, 0.3) is 0 Å². The van der Waals surface area contributed by atoms with Gasteiger partial charge in [0.05, 0.1) is 6.61 Å². The molecule has 0 unspecified atom stereocenters. The summed E-state index contributed by atoms with van der Waals surface area (Å²) in [6.45, 7) is 3.67. The van der Waals surface area contributed by atoms with Crippen molar-refractivity contribution in [1.29, 1.82) is 0 Å². The maximum Gasteiger partial charge on any atom is 0.374 e. The van der Waals surface area contributed by atoms with Gasteiger partial charge in [-0.1, -0.05) is 0 Å². The molecule has 0 spiro atoms. The third-order valence-corrected chi connectivity index (χ3v) is 2.73. The van der Waals surface area contributed by atoms with Gasteiger partial charge >= 0.3 is 5.97 Å². The van der Waals surface area contributed by atoms with Crippen LogP contribution < -0.4 is 0 Å². The molecule has 1 aliphatic heterocycles. The maximum absolute atomic E-state index is 11.4. The Morgan fingerprint density at radius 3 is 2.88 bits per heavy atom. The van der Waals surface area contributed by atoms with Crippen LogP contribution in [0.4, 0.5) is 0 Å². The number of esters is 1. The van der Waals surface area contributed by atoms with Gasteiger partial charge in [-0.3, -0.25) is 0 Å². The van der Waals surface area contributed by atoms with E-state index < -0.39 is 0 Å². The van der Waals surface area contributed by atoms with Gasteiger partial charge in [0, 0.05) is 19.1 Å². The van der Waals surface area contributed by atoms with Crippen molar-refractivity contribution >= 4 is 5.97 Å². The molecule has 0 bridgehead atoms. The van der Waals surface area contributed by atoms with Crippen LogP contribution in [0.5, 0.6) is 0 Å². The second kappa shape index (κ2) is 5.16. The molecule has 0 aliphatic carbocycles. The Morgan fingerprint density at radius 1 is 1.44 bits per heavy atom. The highest BCUT2D eigenvalue weighted by molar-refractivity contribution is 5.86. The van der Waals surface area contributed by atoms with Crippen molar-refractivity contribution < 1.29 is 18.7 Å². The summed E-state index contributed by atoms with van der Waals surface area (Å²) in [4.78, 5) is 11.4. The maximum atomic E-state index is 11.4.